The first-order valence-electron chi connectivity index (χ1n) is 4.78. The van der Waals surface area contributed by atoms with Crippen LogP contribution in [0.1, 0.15) is 5.82 Å². The minimum Gasteiger partial charge on any atom is -0.399 e. The molecule has 0 saturated heterocycles. The third kappa shape index (κ3) is 2.52. The van der Waals surface area contributed by atoms with Gasteiger partial charge in [-0.15, -0.1) is 0 Å². The predicted octanol–water partition coefficient (Wildman–Crippen LogP) is 1.77. The van der Waals surface area contributed by atoms with E-state index in [4.69, 9.17) is 5.73 Å². The number of rotatable bonds is 3. The second kappa shape index (κ2) is 4.52. The lowest BCUT2D eigenvalue weighted by molar-refractivity contribution is 0.747. The molecule has 2 rings (SSSR count). The van der Waals surface area contributed by atoms with Gasteiger partial charge in [-0.3, -0.25) is 4.68 Å². The van der Waals surface area contributed by atoms with Crippen molar-refractivity contribution < 1.29 is 0 Å². The van der Waals surface area contributed by atoms with Gasteiger partial charge in [0.05, 0.1) is 6.54 Å². The summed E-state index contributed by atoms with van der Waals surface area (Å²) in [6, 6.07) is 5.62. The molecule has 0 saturated carbocycles. The molecule has 84 valence electrons. The van der Waals surface area contributed by atoms with Crippen LogP contribution in [0.5, 0.6) is 0 Å². The Morgan fingerprint density at radius 1 is 1.50 bits per heavy atom. The highest BCUT2D eigenvalue weighted by Crippen LogP contribution is 2.24. The van der Waals surface area contributed by atoms with Crippen molar-refractivity contribution in [2.24, 2.45) is 7.05 Å². The van der Waals surface area contributed by atoms with E-state index in [0.29, 0.717) is 6.54 Å². The van der Waals surface area contributed by atoms with Crippen molar-refractivity contribution in [1.29, 1.82) is 0 Å². The van der Waals surface area contributed by atoms with Crippen LogP contribution in [0.4, 0.5) is 11.4 Å². The van der Waals surface area contributed by atoms with Crippen molar-refractivity contribution in [2.75, 3.05) is 11.1 Å². The highest BCUT2D eigenvalue weighted by molar-refractivity contribution is 9.10. The largest absolute Gasteiger partial charge is 0.399 e. The summed E-state index contributed by atoms with van der Waals surface area (Å²) in [6.07, 6.45) is 1.68. The van der Waals surface area contributed by atoms with E-state index in [-0.39, 0.29) is 0 Å². The molecule has 0 amide bonds. The molecule has 0 aliphatic rings. The molecule has 16 heavy (non-hydrogen) atoms. The summed E-state index contributed by atoms with van der Waals surface area (Å²) in [5.74, 6) is 0.756. The molecule has 0 spiro atoms. The van der Waals surface area contributed by atoms with Crippen molar-refractivity contribution in [1.82, 2.24) is 14.8 Å². The summed E-state index contributed by atoms with van der Waals surface area (Å²) >= 11 is 3.44. The van der Waals surface area contributed by atoms with Gasteiger partial charge in [-0.2, -0.15) is 5.10 Å². The number of halogens is 1. The van der Waals surface area contributed by atoms with Crippen LogP contribution in [-0.4, -0.2) is 14.8 Å². The van der Waals surface area contributed by atoms with Crippen molar-refractivity contribution >= 4 is 27.3 Å². The SMILES string of the molecule is Cn1cnc(CNc2ccc(N)cc2Br)n1. The molecule has 0 atom stereocenters. The number of anilines is 2. The number of aromatic nitrogens is 3. The Kier molecular flexibility index (Phi) is 3.09. The average Bonchev–Trinajstić information content (AvgIpc) is 2.63. The van der Waals surface area contributed by atoms with Gasteiger partial charge in [0, 0.05) is 22.9 Å². The Labute approximate surface area is 102 Å². The summed E-state index contributed by atoms with van der Waals surface area (Å²) in [6.45, 7) is 0.587. The number of benzene rings is 1. The molecule has 1 aromatic heterocycles. The minimum atomic E-state index is 0.587. The van der Waals surface area contributed by atoms with Crippen LogP contribution in [0.25, 0.3) is 0 Å². The molecule has 0 aliphatic heterocycles. The fraction of sp³-hybridized carbons (Fsp3) is 0.200. The average molecular weight is 282 g/mol. The van der Waals surface area contributed by atoms with Gasteiger partial charge < -0.3 is 11.1 Å². The zero-order valence-electron chi connectivity index (χ0n) is 8.81. The molecule has 0 fully saturated rings. The molecule has 0 radical (unpaired) electrons. The van der Waals surface area contributed by atoms with Crippen LogP contribution >= 0.6 is 15.9 Å². The van der Waals surface area contributed by atoms with E-state index in [0.717, 1.165) is 21.7 Å². The van der Waals surface area contributed by atoms with Gasteiger partial charge in [0.1, 0.15) is 6.33 Å². The zero-order chi connectivity index (χ0) is 11.5. The normalized spacial score (nSPS) is 10.4. The number of nitrogens with two attached hydrogens (primary N) is 1. The fourth-order valence-electron chi connectivity index (χ4n) is 1.31. The Morgan fingerprint density at radius 2 is 2.31 bits per heavy atom. The smallest absolute Gasteiger partial charge is 0.169 e. The van der Waals surface area contributed by atoms with E-state index in [1.807, 2.05) is 25.2 Å². The molecule has 6 heteroatoms. The van der Waals surface area contributed by atoms with E-state index in [9.17, 15) is 0 Å². The van der Waals surface area contributed by atoms with E-state index >= 15 is 0 Å². The molecule has 0 bridgehead atoms. The maximum atomic E-state index is 5.65. The minimum absolute atomic E-state index is 0.587. The number of hydrogen-bond donors (Lipinski definition) is 2. The standard InChI is InChI=1S/C10H12BrN5/c1-16-6-14-10(15-16)5-13-9-3-2-7(12)4-8(9)11/h2-4,6,13H,5,12H2,1H3. The van der Waals surface area contributed by atoms with E-state index in [2.05, 4.69) is 31.3 Å². The van der Waals surface area contributed by atoms with Gasteiger partial charge in [-0.1, -0.05) is 0 Å². The van der Waals surface area contributed by atoms with Crippen LogP contribution < -0.4 is 11.1 Å². The Balaban J connectivity index is 2.04. The number of nitrogen functional groups attached to an aromatic ring is 1. The maximum absolute atomic E-state index is 5.65. The third-order valence-corrected chi connectivity index (χ3v) is 2.73. The molecular formula is C10H12BrN5. The summed E-state index contributed by atoms with van der Waals surface area (Å²) < 4.78 is 2.61. The molecule has 3 N–H and O–H groups in total. The van der Waals surface area contributed by atoms with Crippen LogP contribution in [0.2, 0.25) is 0 Å². The van der Waals surface area contributed by atoms with Crippen molar-refractivity contribution in [3.05, 3.63) is 34.8 Å². The predicted molar refractivity (Wildman–Crippen MR) is 66.9 cm³/mol. The summed E-state index contributed by atoms with van der Waals surface area (Å²) in [5, 5.41) is 7.41. The zero-order valence-corrected chi connectivity index (χ0v) is 10.4. The first-order valence-corrected chi connectivity index (χ1v) is 5.58. The molecule has 1 heterocycles. The van der Waals surface area contributed by atoms with Crippen LogP contribution in [-0.2, 0) is 13.6 Å². The monoisotopic (exact) mass is 281 g/mol. The molecular weight excluding hydrogens is 270 g/mol. The summed E-state index contributed by atoms with van der Waals surface area (Å²) in [4.78, 5) is 4.13. The van der Waals surface area contributed by atoms with Crippen LogP contribution in [0.3, 0.4) is 0 Å². The highest BCUT2D eigenvalue weighted by Gasteiger charge is 2.02. The van der Waals surface area contributed by atoms with E-state index in [1.165, 1.54) is 0 Å². The number of aryl methyl sites for hydroxylation is 1. The second-order valence-electron chi connectivity index (χ2n) is 3.43. The van der Waals surface area contributed by atoms with Gasteiger partial charge in [-0.05, 0) is 34.1 Å². The van der Waals surface area contributed by atoms with E-state index in [1.54, 1.807) is 11.0 Å². The van der Waals surface area contributed by atoms with E-state index < -0.39 is 0 Å². The van der Waals surface area contributed by atoms with Crippen LogP contribution in [0, 0.1) is 0 Å². The van der Waals surface area contributed by atoms with Gasteiger partial charge in [-0.25, -0.2) is 4.98 Å². The van der Waals surface area contributed by atoms with Gasteiger partial charge in [0.25, 0.3) is 0 Å². The maximum Gasteiger partial charge on any atom is 0.169 e. The number of hydrogen-bond acceptors (Lipinski definition) is 4. The molecule has 2 aromatic rings. The Bertz CT molecular complexity index is 494. The number of nitrogens with one attached hydrogen (secondary N) is 1. The fourth-order valence-corrected chi connectivity index (χ4v) is 1.85. The lowest BCUT2D eigenvalue weighted by Crippen LogP contribution is -2.03. The third-order valence-electron chi connectivity index (χ3n) is 2.08. The first kappa shape index (κ1) is 10.9. The number of nitrogens with zero attached hydrogens (tertiary/aromatic N) is 3. The second-order valence-corrected chi connectivity index (χ2v) is 4.28. The molecule has 5 nitrogen and oxygen atoms in total. The van der Waals surface area contributed by atoms with Gasteiger partial charge in [0.15, 0.2) is 5.82 Å². The van der Waals surface area contributed by atoms with Crippen molar-refractivity contribution in [3.63, 3.8) is 0 Å². The van der Waals surface area contributed by atoms with Gasteiger partial charge >= 0.3 is 0 Å². The van der Waals surface area contributed by atoms with Crippen molar-refractivity contribution in [2.45, 2.75) is 6.54 Å². The lowest BCUT2D eigenvalue weighted by Gasteiger charge is -2.06. The quantitative estimate of drug-likeness (QED) is 0.842. The van der Waals surface area contributed by atoms with Gasteiger partial charge in [0.2, 0.25) is 0 Å². The molecule has 0 aliphatic carbocycles. The Hall–Kier alpha value is -1.56. The Morgan fingerprint density at radius 3 is 2.94 bits per heavy atom. The summed E-state index contributed by atoms with van der Waals surface area (Å²) in [5.41, 5.74) is 7.36. The lowest BCUT2D eigenvalue weighted by atomic mass is 10.3. The highest BCUT2D eigenvalue weighted by atomic mass is 79.9. The first-order chi connectivity index (χ1) is 7.65. The summed E-state index contributed by atoms with van der Waals surface area (Å²) in [7, 11) is 1.84. The molecule has 1 aromatic carbocycles. The molecule has 0 unspecified atom stereocenters. The topological polar surface area (TPSA) is 68.8 Å². The van der Waals surface area contributed by atoms with Crippen molar-refractivity contribution in [3.8, 4) is 0 Å². The van der Waals surface area contributed by atoms with Crippen LogP contribution in [0.15, 0.2) is 29.0 Å².